The molecule has 0 radical (unpaired) electrons. The molecule has 2 bridgehead atoms. The first-order valence-corrected chi connectivity index (χ1v) is 11.7. The van der Waals surface area contributed by atoms with Crippen molar-refractivity contribution in [3.8, 4) is 0 Å². The molecule has 4 saturated carbocycles. The number of rotatable bonds is 5. The van der Waals surface area contributed by atoms with Crippen molar-refractivity contribution in [1.82, 2.24) is 0 Å². The summed E-state index contributed by atoms with van der Waals surface area (Å²) in [6.07, 6.45) is 9.21. The van der Waals surface area contributed by atoms with E-state index in [1.807, 2.05) is 13.8 Å². The number of ether oxygens (including phenoxy) is 1. The fourth-order valence-electron chi connectivity index (χ4n) is 8.46. The average Bonchev–Trinajstić information content (AvgIpc) is 2.94. The molecule has 0 amide bonds. The molecule has 29 heavy (non-hydrogen) atoms. The Morgan fingerprint density at radius 3 is 2.48 bits per heavy atom. The number of carboxylic acids is 1. The third-order valence-corrected chi connectivity index (χ3v) is 9.72. The van der Waals surface area contributed by atoms with Crippen LogP contribution in [-0.2, 0) is 14.3 Å². The maximum atomic E-state index is 12.3. The van der Waals surface area contributed by atoms with Crippen LogP contribution in [0.4, 0.5) is 0 Å². The Bertz CT molecular complexity index is 674. The molecule has 4 aliphatic carbocycles. The molecule has 7 atom stereocenters. The van der Waals surface area contributed by atoms with Crippen LogP contribution in [0.15, 0.2) is 0 Å². The van der Waals surface area contributed by atoms with Crippen LogP contribution >= 0.6 is 0 Å². The van der Waals surface area contributed by atoms with Crippen molar-refractivity contribution in [1.29, 1.82) is 0 Å². The molecule has 164 valence electrons. The molecule has 0 aromatic heterocycles. The summed E-state index contributed by atoms with van der Waals surface area (Å²) in [6, 6.07) is 0. The SMILES string of the molecule is CC(C)C(=O)OC[C@@H]1C[C@@]23CC[C@@H]4[C@](CO)(C(=O)O)CCC[C@@]4(C)[C@@H]2CC[C@H]1C3. The Balaban J connectivity index is 1.57. The lowest BCUT2D eigenvalue weighted by molar-refractivity contribution is -0.191. The van der Waals surface area contributed by atoms with Crippen LogP contribution in [-0.4, -0.2) is 35.4 Å². The Morgan fingerprint density at radius 2 is 1.83 bits per heavy atom. The fourth-order valence-corrected chi connectivity index (χ4v) is 8.46. The Hall–Kier alpha value is -1.10. The van der Waals surface area contributed by atoms with Crippen molar-refractivity contribution in [2.45, 2.75) is 78.6 Å². The zero-order valence-corrected chi connectivity index (χ0v) is 18.3. The summed E-state index contributed by atoms with van der Waals surface area (Å²) in [4.78, 5) is 24.2. The first-order chi connectivity index (χ1) is 13.7. The summed E-state index contributed by atoms with van der Waals surface area (Å²) in [5, 5.41) is 20.2. The lowest BCUT2D eigenvalue weighted by atomic mass is 9.41. The van der Waals surface area contributed by atoms with Crippen molar-refractivity contribution in [3.05, 3.63) is 0 Å². The molecule has 0 aliphatic heterocycles. The summed E-state index contributed by atoms with van der Waals surface area (Å²) < 4.78 is 5.64. The minimum absolute atomic E-state index is 0.00785. The van der Waals surface area contributed by atoms with Gasteiger partial charge in [-0.15, -0.1) is 0 Å². The molecule has 5 heteroatoms. The summed E-state index contributed by atoms with van der Waals surface area (Å²) in [5.74, 6) is 0.701. The topological polar surface area (TPSA) is 83.8 Å². The largest absolute Gasteiger partial charge is 0.481 e. The highest BCUT2D eigenvalue weighted by atomic mass is 16.5. The summed E-state index contributed by atoms with van der Waals surface area (Å²) in [6.45, 7) is 6.41. The van der Waals surface area contributed by atoms with Crippen LogP contribution in [0.5, 0.6) is 0 Å². The molecule has 0 aromatic rings. The van der Waals surface area contributed by atoms with Gasteiger partial charge < -0.3 is 14.9 Å². The number of carbonyl (C=O) groups excluding carboxylic acids is 1. The molecule has 4 fully saturated rings. The summed E-state index contributed by atoms with van der Waals surface area (Å²) >= 11 is 0. The molecule has 4 aliphatic rings. The van der Waals surface area contributed by atoms with E-state index in [1.165, 1.54) is 6.42 Å². The highest BCUT2D eigenvalue weighted by molar-refractivity contribution is 5.75. The van der Waals surface area contributed by atoms with Gasteiger partial charge in [-0.2, -0.15) is 0 Å². The molecule has 5 nitrogen and oxygen atoms in total. The Labute approximate surface area is 174 Å². The number of aliphatic hydroxyl groups excluding tert-OH is 1. The van der Waals surface area contributed by atoms with Gasteiger partial charge in [-0.25, -0.2) is 0 Å². The van der Waals surface area contributed by atoms with Gasteiger partial charge in [-0.05, 0) is 85.9 Å². The molecule has 0 aromatic carbocycles. The number of aliphatic hydroxyl groups is 1. The predicted octanol–water partition coefficient (Wildman–Crippen LogP) is 4.27. The van der Waals surface area contributed by atoms with Crippen LogP contribution < -0.4 is 0 Å². The van der Waals surface area contributed by atoms with Crippen LogP contribution in [0, 0.1) is 45.8 Å². The van der Waals surface area contributed by atoms with Gasteiger partial charge in [0, 0.05) is 0 Å². The molecule has 1 spiro atoms. The maximum Gasteiger partial charge on any atom is 0.312 e. The molecular formula is C24H38O5. The van der Waals surface area contributed by atoms with Gasteiger partial charge >= 0.3 is 11.9 Å². The smallest absolute Gasteiger partial charge is 0.312 e. The summed E-state index contributed by atoms with van der Waals surface area (Å²) in [5.41, 5.74) is -0.692. The van der Waals surface area contributed by atoms with Crippen LogP contribution in [0.1, 0.15) is 78.6 Å². The van der Waals surface area contributed by atoms with E-state index in [2.05, 4.69) is 6.92 Å². The number of aliphatic carboxylic acids is 1. The first kappa shape index (κ1) is 21.1. The number of esters is 1. The number of fused-ring (bicyclic) bond motifs is 3. The van der Waals surface area contributed by atoms with E-state index in [0.29, 0.717) is 30.8 Å². The standard InChI is InChI=1S/C24H38O5/c1-15(2)20(26)29-13-17-12-23-10-7-19-22(3,18(23)6-5-16(17)11-23)8-4-9-24(19,14-25)21(27)28/h15-19,25H,4-14H2,1-3H3,(H,27,28)/t16-,17-,18-,19-,22-,23-,24-/m0/s1. The molecule has 0 unspecified atom stereocenters. The van der Waals surface area contributed by atoms with Gasteiger partial charge in [0.05, 0.1) is 24.5 Å². The second-order valence-corrected chi connectivity index (χ2v) is 11.3. The normalized spacial score (nSPS) is 46.1. The number of hydrogen-bond donors (Lipinski definition) is 2. The van der Waals surface area contributed by atoms with Crippen LogP contribution in [0.3, 0.4) is 0 Å². The van der Waals surface area contributed by atoms with Crippen molar-refractivity contribution in [2.24, 2.45) is 45.8 Å². The van der Waals surface area contributed by atoms with Gasteiger partial charge in [0.25, 0.3) is 0 Å². The van der Waals surface area contributed by atoms with Crippen molar-refractivity contribution >= 4 is 11.9 Å². The first-order valence-electron chi connectivity index (χ1n) is 11.7. The number of carbonyl (C=O) groups is 2. The van der Waals surface area contributed by atoms with E-state index >= 15 is 0 Å². The minimum atomic E-state index is -0.962. The van der Waals surface area contributed by atoms with Crippen molar-refractivity contribution < 1.29 is 24.5 Å². The molecule has 0 heterocycles. The quantitative estimate of drug-likeness (QED) is 0.666. The van der Waals surface area contributed by atoms with E-state index < -0.39 is 11.4 Å². The predicted molar refractivity (Wildman–Crippen MR) is 109 cm³/mol. The third kappa shape index (κ3) is 3.05. The van der Waals surface area contributed by atoms with E-state index in [0.717, 1.165) is 44.9 Å². The monoisotopic (exact) mass is 406 g/mol. The summed E-state index contributed by atoms with van der Waals surface area (Å²) in [7, 11) is 0. The van der Waals surface area contributed by atoms with E-state index in [1.54, 1.807) is 0 Å². The minimum Gasteiger partial charge on any atom is -0.481 e. The lowest BCUT2D eigenvalue weighted by Gasteiger charge is -2.63. The third-order valence-electron chi connectivity index (χ3n) is 9.72. The second kappa shape index (κ2) is 7.25. The Morgan fingerprint density at radius 1 is 1.07 bits per heavy atom. The van der Waals surface area contributed by atoms with E-state index in [-0.39, 0.29) is 35.2 Å². The highest BCUT2D eigenvalue weighted by Gasteiger charge is 2.66. The lowest BCUT2D eigenvalue weighted by Crippen LogP contribution is -2.60. The Kier molecular flexibility index (Phi) is 5.28. The van der Waals surface area contributed by atoms with Gasteiger partial charge in [0.15, 0.2) is 0 Å². The van der Waals surface area contributed by atoms with Gasteiger partial charge in [-0.1, -0.05) is 27.2 Å². The van der Waals surface area contributed by atoms with E-state index in [4.69, 9.17) is 4.74 Å². The van der Waals surface area contributed by atoms with Crippen LogP contribution in [0.2, 0.25) is 0 Å². The maximum absolute atomic E-state index is 12.3. The van der Waals surface area contributed by atoms with Gasteiger partial charge in [0.2, 0.25) is 0 Å². The number of carboxylic acid groups (broad SMARTS) is 1. The number of hydrogen-bond acceptors (Lipinski definition) is 4. The van der Waals surface area contributed by atoms with Crippen LogP contribution in [0.25, 0.3) is 0 Å². The molecule has 4 rings (SSSR count). The average molecular weight is 407 g/mol. The molecular weight excluding hydrogens is 368 g/mol. The fraction of sp³-hybridized carbons (Fsp3) is 0.917. The van der Waals surface area contributed by atoms with Gasteiger partial charge in [-0.3, -0.25) is 9.59 Å². The van der Waals surface area contributed by atoms with Crippen molar-refractivity contribution in [3.63, 3.8) is 0 Å². The second-order valence-electron chi connectivity index (χ2n) is 11.3. The van der Waals surface area contributed by atoms with Gasteiger partial charge in [0.1, 0.15) is 0 Å². The van der Waals surface area contributed by atoms with E-state index in [9.17, 15) is 19.8 Å². The molecule has 2 N–H and O–H groups in total. The molecule has 0 saturated heterocycles. The zero-order chi connectivity index (χ0) is 21.0. The zero-order valence-electron chi connectivity index (χ0n) is 18.3. The highest BCUT2D eigenvalue weighted by Crippen LogP contribution is 2.72. The van der Waals surface area contributed by atoms with Crippen molar-refractivity contribution in [2.75, 3.05) is 13.2 Å².